The largest absolute Gasteiger partial charge is 0.366 e. The molecule has 0 radical (unpaired) electrons. The molecule has 0 spiro atoms. The van der Waals surface area contributed by atoms with Gasteiger partial charge in [0.15, 0.2) is 0 Å². The van der Waals surface area contributed by atoms with Crippen molar-refractivity contribution in [3.05, 3.63) is 87.8 Å². The minimum Gasteiger partial charge on any atom is -0.366 e. The van der Waals surface area contributed by atoms with E-state index in [0.717, 1.165) is 34.4 Å². The third-order valence-corrected chi connectivity index (χ3v) is 5.12. The molecule has 0 aliphatic heterocycles. The van der Waals surface area contributed by atoms with Crippen molar-refractivity contribution in [3.63, 3.8) is 0 Å². The van der Waals surface area contributed by atoms with E-state index >= 15 is 0 Å². The molecule has 0 unspecified atom stereocenters. The summed E-state index contributed by atoms with van der Waals surface area (Å²) in [4.78, 5) is 24.2. The van der Waals surface area contributed by atoms with Crippen molar-refractivity contribution >= 4 is 5.91 Å². The van der Waals surface area contributed by atoms with E-state index in [2.05, 4.69) is 20.6 Å². The monoisotopic (exact) mass is 414 g/mol. The molecule has 0 aliphatic rings. The number of primary amides is 1. The van der Waals surface area contributed by atoms with E-state index in [1.807, 2.05) is 55.5 Å². The van der Waals surface area contributed by atoms with Crippen LogP contribution < -0.4 is 11.3 Å². The van der Waals surface area contributed by atoms with Gasteiger partial charge >= 0.3 is 0 Å². The zero-order chi connectivity index (χ0) is 21.8. The molecule has 0 bridgehead atoms. The first-order valence-corrected chi connectivity index (χ1v) is 10.0. The second kappa shape index (κ2) is 8.74. The number of hydrogen-bond acceptors (Lipinski definition) is 5. The smallest absolute Gasteiger partial charge is 0.251 e. The Balaban J connectivity index is 1.65. The topological polar surface area (TPSA) is 120 Å². The van der Waals surface area contributed by atoms with Crippen molar-refractivity contribution < 1.29 is 4.79 Å². The second-order valence-corrected chi connectivity index (χ2v) is 7.25. The molecule has 2 aromatic carbocycles. The predicted octanol–water partition coefficient (Wildman–Crippen LogP) is 2.80. The van der Waals surface area contributed by atoms with Gasteiger partial charge in [-0.05, 0) is 34.4 Å². The summed E-state index contributed by atoms with van der Waals surface area (Å²) < 4.78 is 1.69. The molecule has 3 N–H and O–H groups in total. The predicted molar refractivity (Wildman–Crippen MR) is 117 cm³/mol. The highest BCUT2D eigenvalue weighted by Crippen LogP contribution is 2.29. The second-order valence-electron chi connectivity index (χ2n) is 7.25. The molecule has 2 aromatic heterocycles. The molecule has 0 saturated carbocycles. The first kappa shape index (κ1) is 20.2. The molecule has 156 valence electrons. The van der Waals surface area contributed by atoms with Gasteiger partial charge in [0.05, 0.1) is 6.54 Å². The summed E-state index contributed by atoms with van der Waals surface area (Å²) in [5.41, 5.74) is 10.0. The van der Waals surface area contributed by atoms with Gasteiger partial charge in [-0.15, -0.1) is 10.2 Å². The molecule has 4 rings (SSSR count). The maximum atomic E-state index is 12.6. The Kier molecular flexibility index (Phi) is 5.70. The third-order valence-electron chi connectivity index (χ3n) is 5.12. The van der Waals surface area contributed by atoms with E-state index in [1.54, 1.807) is 10.6 Å². The molecule has 0 saturated heterocycles. The number of hydrogen-bond donors (Lipinski definition) is 2. The Labute approximate surface area is 178 Å². The number of aromatic nitrogens is 5. The molecule has 8 heteroatoms. The van der Waals surface area contributed by atoms with Gasteiger partial charge in [0.1, 0.15) is 0 Å². The van der Waals surface area contributed by atoms with E-state index < -0.39 is 5.91 Å². The van der Waals surface area contributed by atoms with Crippen molar-refractivity contribution in [2.24, 2.45) is 5.73 Å². The number of pyridine rings is 1. The zero-order valence-corrected chi connectivity index (χ0v) is 17.1. The fourth-order valence-corrected chi connectivity index (χ4v) is 3.61. The Morgan fingerprint density at radius 3 is 2.45 bits per heavy atom. The van der Waals surface area contributed by atoms with Gasteiger partial charge in [-0.3, -0.25) is 9.59 Å². The molecule has 0 aliphatic carbocycles. The molecule has 4 aromatic rings. The highest BCUT2D eigenvalue weighted by Gasteiger charge is 2.12. The average Bonchev–Trinajstić information content (AvgIpc) is 3.31. The van der Waals surface area contributed by atoms with Crippen molar-refractivity contribution in [1.82, 2.24) is 25.2 Å². The summed E-state index contributed by atoms with van der Waals surface area (Å²) in [6.07, 6.45) is 1.54. The van der Waals surface area contributed by atoms with Gasteiger partial charge in [-0.1, -0.05) is 61.9 Å². The minimum absolute atomic E-state index is 0.230. The first-order chi connectivity index (χ1) is 15.1. The van der Waals surface area contributed by atoms with E-state index in [-0.39, 0.29) is 11.1 Å². The van der Waals surface area contributed by atoms with Crippen LogP contribution in [0.4, 0.5) is 0 Å². The van der Waals surface area contributed by atoms with Gasteiger partial charge in [0.2, 0.25) is 11.7 Å². The molecule has 0 atom stereocenters. The summed E-state index contributed by atoms with van der Waals surface area (Å²) in [5.74, 6) is -0.0591. The molecule has 31 heavy (non-hydrogen) atoms. The van der Waals surface area contributed by atoms with E-state index in [0.29, 0.717) is 18.8 Å². The summed E-state index contributed by atoms with van der Waals surface area (Å²) in [7, 11) is 0. The van der Waals surface area contributed by atoms with Crippen LogP contribution in [0.2, 0.25) is 0 Å². The maximum Gasteiger partial charge on any atom is 0.251 e. The quantitative estimate of drug-likeness (QED) is 0.482. The van der Waals surface area contributed by atoms with Crippen LogP contribution >= 0.6 is 0 Å². The lowest BCUT2D eigenvalue weighted by atomic mass is 9.98. The molecular formula is C23H22N6O2. The number of nitrogens with one attached hydrogen (secondary N) is 1. The average molecular weight is 414 g/mol. The molecule has 8 nitrogen and oxygen atoms in total. The van der Waals surface area contributed by atoms with E-state index in [4.69, 9.17) is 5.73 Å². The Morgan fingerprint density at radius 1 is 1.06 bits per heavy atom. The lowest BCUT2D eigenvalue weighted by molar-refractivity contribution is 0.1000. The van der Waals surface area contributed by atoms with Gasteiger partial charge in [-0.2, -0.15) is 5.21 Å². The van der Waals surface area contributed by atoms with Crippen LogP contribution in [0.3, 0.4) is 0 Å². The highest BCUT2D eigenvalue weighted by atomic mass is 16.1. The van der Waals surface area contributed by atoms with Crippen molar-refractivity contribution in [1.29, 1.82) is 0 Å². The van der Waals surface area contributed by atoms with Gasteiger partial charge in [0, 0.05) is 22.9 Å². The standard InChI is InChI=1S/C23H22N6O2/c1-2-5-18-12-17(22(24)31)13-21(30)29(18)14-15-8-10-16(11-9-15)19-6-3-4-7-20(19)23-25-27-28-26-23/h3-4,6-13H,2,5,14H2,1H3,(H2,24,31)(H,25,26,27,28). The minimum atomic E-state index is -0.591. The highest BCUT2D eigenvalue weighted by molar-refractivity contribution is 5.92. The van der Waals surface area contributed by atoms with Gasteiger partial charge < -0.3 is 10.3 Å². The summed E-state index contributed by atoms with van der Waals surface area (Å²) in [6.45, 7) is 2.45. The summed E-state index contributed by atoms with van der Waals surface area (Å²) in [5, 5.41) is 14.3. The van der Waals surface area contributed by atoms with E-state index in [9.17, 15) is 9.59 Å². The number of benzene rings is 2. The number of nitrogens with two attached hydrogens (primary N) is 1. The number of H-pyrrole nitrogens is 1. The Hall–Kier alpha value is -4.07. The SMILES string of the molecule is CCCc1cc(C(N)=O)cc(=O)n1Cc1ccc(-c2ccccc2-c2nn[nH]n2)cc1. The first-order valence-electron chi connectivity index (χ1n) is 10.0. The van der Waals surface area contributed by atoms with Crippen LogP contribution in [0.15, 0.2) is 65.5 Å². The van der Waals surface area contributed by atoms with Gasteiger partial charge in [0.25, 0.3) is 5.56 Å². The van der Waals surface area contributed by atoms with Crippen LogP contribution in [0.25, 0.3) is 22.5 Å². The van der Waals surface area contributed by atoms with Crippen LogP contribution in [-0.2, 0) is 13.0 Å². The van der Waals surface area contributed by atoms with Crippen LogP contribution in [0, 0.1) is 0 Å². The molecular weight excluding hydrogens is 392 g/mol. The number of tetrazole rings is 1. The number of nitrogens with zero attached hydrogens (tertiary/aromatic N) is 4. The van der Waals surface area contributed by atoms with Crippen molar-refractivity contribution in [3.8, 4) is 22.5 Å². The number of amides is 1. The van der Waals surface area contributed by atoms with E-state index in [1.165, 1.54) is 6.07 Å². The summed E-state index contributed by atoms with van der Waals surface area (Å²) in [6, 6.07) is 18.9. The van der Waals surface area contributed by atoms with Crippen LogP contribution in [0.5, 0.6) is 0 Å². The zero-order valence-electron chi connectivity index (χ0n) is 17.1. The fraction of sp³-hybridized carbons (Fsp3) is 0.174. The lowest BCUT2D eigenvalue weighted by Crippen LogP contribution is -2.26. The summed E-state index contributed by atoms with van der Waals surface area (Å²) >= 11 is 0. The number of rotatable bonds is 7. The normalized spacial score (nSPS) is 10.9. The molecule has 1 amide bonds. The third kappa shape index (κ3) is 4.28. The van der Waals surface area contributed by atoms with Crippen LogP contribution in [-0.4, -0.2) is 31.1 Å². The number of carbonyl (C=O) groups is 1. The Bertz CT molecular complexity index is 1260. The lowest BCUT2D eigenvalue weighted by Gasteiger charge is -2.14. The molecule has 2 heterocycles. The fourth-order valence-electron chi connectivity index (χ4n) is 3.61. The Morgan fingerprint density at radius 2 is 1.81 bits per heavy atom. The number of carbonyl (C=O) groups excluding carboxylic acids is 1. The number of aromatic amines is 1. The molecule has 0 fully saturated rings. The van der Waals surface area contributed by atoms with Crippen LogP contribution in [0.1, 0.15) is 35.0 Å². The van der Waals surface area contributed by atoms with Crippen molar-refractivity contribution in [2.45, 2.75) is 26.3 Å². The number of aryl methyl sites for hydroxylation is 1. The van der Waals surface area contributed by atoms with Gasteiger partial charge in [-0.25, -0.2) is 0 Å². The van der Waals surface area contributed by atoms with Crippen molar-refractivity contribution in [2.75, 3.05) is 0 Å². The maximum absolute atomic E-state index is 12.6.